The molecule has 0 spiro atoms. The fraction of sp³-hybridized carbons (Fsp3) is 0.318. The molecule has 0 aliphatic carbocycles. The van der Waals surface area contributed by atoms with E-state index in [1.807, 2.05) is 23.1 Å². The number of likely N-dealkylation sites (tertiary alicyclic amines) is 1. The second-order valence-electron chi connectivity index (χ2n) is 7.34. The van der Waals surface area contributed by atoms with E-state index >= 15 is 0 Å². The molecule has 0 aromatic heterocycles. The molecule has 128 valence electrons. The van der Waals surface area contributed by atoms with Crippen LogP contribution in [0.1, 0.15) is 23.6 Å². The molecule has 2 heterocycles. The number of hydrogen-bond acceptors (Lipinski definition) is 2. The number of nitrogens with zero attached hydrogens (tertiary/aromatic N) is 1. The summed E-state index contributed by atoms with van der Waals surface area (Å²) < 4.78 is 6.08. The van der Waals surface area contributed by atoms with E-state index in [4.69, 9.17) is 4.74 Å². The SMILES string of the molecule is C=CCN1C(=O)[C@H]2Oc3ccc(C)cc3[C@@](C)(Cc3ccccc3)[C@H]21. The summed E-state index contributed by atoms with van der Waals surface area (Å²) in [6, 6.07) is 16.8. The van der Waals surface area contributed by atoms with Gasteiger partial charge in [-0.25, -0.2) is 0 Å². The lowest BCUT2D eigenvalue weighted by molar-refractivity contribution is -0.171. The van der Waals surface area contributed by atoms with E-state index in [9.17, 15) is 4.79 Å². The second-order valence-corrected chi connectivity index (χ2v) is 7.34. The summed E-state index contributed by atoms with van der Waals surface area (Å²) in [6.07, 6.45) is 2.28. The van der Waals surface area contributed by atoms with Crippen molar-refractivity contribution < 1.29 is 9.53 Å². The molecular weight excluding hydrogens is 310 g/mol. The van der Waals surface area contributed by atoms with Crippen molar-refractivity contribution in [1.29, 1.82) is 0 Å². The van der Waals surface area contributed by atoms with E-state index in [-0.39, 0.29) is 23.5 Å². The van der Waals surface area contributed by atoms with Gasteiger partial charge in [0.2, 0.25) is 0 Å². The summed E-state index contributed by atoms with van der Waals surface area (Å²) >= 11 is 0. The molecule has 0 unspecified atom stereocenters. The third-order valence-electron chi connectivity index (χ3n) is 5.55. The normalized spacial score (nSPS) is 27.0. The Labute approximate surface area is 148 Å². The maximum atomic E-state index is 12.6. The molecule has 1 fully saturated rings. The molecule has 2 aromatic rings. The Morgan fingerprint density at radius 1 is 1.24 bits per heavy atom. The maximum Gasteiger partial charge on any atom is 0.266 e. The predicted octanol–water partition coefficient (Wildman–Crippen LogP) is 3.65. The molecule has 0 bridgehead atoms. The zero-order valence-corrected chi connectivity index (χ0v) is 14.7. The quantitative estimate of drug-likeness (QED) is 0.631. The monoisotopic (exact) mass is 333 g/mol. The molecule has 2 aliphatic heterocycles. The molecule has 2 aromatic carbocycles. The van der Waals surface area contributed by atoms with Gasteiger partial charge in [-0.2, -0.15) is 0 Å². The summed E-state index contributed by atoms with van der Waals surface area (Å²) in [5, 5.41) is 0. The number of ether oxygens (including phenoxy) is 1. The third-order valence-corrected chi connectivity index (χ3v) is 5.55. The van der Waals surface area contributed by atoms with Gasteiger partial charge in [0.05, 0.1) is 6.04 Å². The number of β-lactam (4-membered cyclic amide) rings is 1. The van der Waals surface area contributed by atoms with Crippen LogP contribution in [0.3, 0.4) is 0 Å². The van der Waals surface area contributed by atoms with Crippen LogP contribution in [0.25, 0.3) is 0 Å². The molecule has 0 saturated carbocycles. The fourth-order valence-corrected chi connectivity index (χ4v) is 4.36. The highest BCUT2D eigenvalue weighted by atomic mass is 16.5. The first-order chi connectivity index (χ1) is 12.0. The number of hydrogen-bond donors (Lipinski definition) is 0. The van der Waals surface area contributed by atoms with Gasteiger partial charge in [-0.1, -0.05) is 61.0 Å². The van der Waals surface area contributed by atoms with Crippen LogP contribution in [0.15, 0.2) is 61.2 Å². The molecule has 0 radical (unpaired) electrons. The van der Waals surface area contributed by atoms with Crippen molar-refractivity contribution in [3.8, 4) is 5.75 Å². The van der Waals surface area contributed by atoms with Crippen molar-refractivity contribution in [2.45, 2.75) is 37.8 Å². The van der Waals surface area contributed by atoms with Gasteiger partial charge in [0.1, 0.15) is 5.75 Å². The van der Waals surface area contributed by atoms with E-state index in [0.29, 0.717) is 6.54 Å². The van der Waals surface area contributed by atoms with Crippen LogP contribution in [0.2, 0.25) is 0 Å². The van der Waals surface area contributed by atoms with Gasteiger partial charge in [0.25, 0.3) is 5.91 Å². The lowest BCUT2D eigenvalue weighted by atomic mass is 9.64. The predicted molar refractivity (Wildman–Crippen MR) is 98.8 cm³/mol. The number of carbonyl (C=O) groups is 1. The number of fused-ring (bicyclic) bond motifs is 2. The van der Waals surface area contributed by atoms with Crippen LogP contribution >= 0.6 is 0 Å². The molecule has 3 nitrogen and oxygen atoms in total. The Morgan fingerprint density at radius 2 is 2.00 bits per heavy atom. The highest BCUT2D eigenvalue weighted by molar-refractivity contribution is 5.90. The molecule has 25 heavy (non-hydrogen) atoms. The average Bonchev–Trinajstić information content (AvgIpc) is 2.61. The smallest absolute Gasteiger partial charge is 0.266 e. The number of aryl methyl sites for hydroxylation is 1. The lowest BCUT2D eigenvalue weighted by Crippen LogP contribution is -2.75. The lowest BCUT2D eigenvalue weighted by Gasteiger charge is -2.57. The second kappa shape index (κ2) is 5.76. The minimum Gasteiger partial charge on any atom is -0.478 e. The summed E-state index contributed by atoms with van der Waals surface area (Å²) in [6.45, 7) is 8.74. The van der Waals surface area contributed by atoms with Crippen molar-refractivity contribution in [2.75, 3.05) is 6.54 Å². The van der Waals surface area contributed by atoms with Gasteiger partial charge >= 0.3 is 0 Å². The maximum absolute atomic E-state index is 12.6. The topological polar surface area (TPSA) is 29.5 Å². The van der Waals surface area contributed by atoms with E-state index in [0.717, 1.165) is 12.2 Å². The minimum atomic E-state index is -0.385. The van der Waals surface area contributed by atoms with Gasteiger partial charge in [-0.15, -0.1) is 6.58 Å². The fourth-order valence-electron chi connectivity index (χ4n) is 4.36. The number of amides is 1. The van der Waals surface area contributed by atoms with Crippen LogP contribution in [-0.4, -0.2) is 29.5 Å². The largest absolute Gasteiger partial charge is 0.478 e. The average molecular weight is 333 g/mol. The molecule has 2 aliphatic rings. The first-order valence-corrected chi connectivity index (χ1v) is 8.77. The number of benzene rings is 2. The van der Waals surface area contributed by atoms with Gasteiger partial charge in [-0.05, 0) is 25.0 Å². The Balaban J connectivity index is 1.83. The molecule has 0 N–H and O–H groups in total. The first-order valence-electron chi connectivity index (χ1n) is 8.77. The molecule has 4 rings (SSSR count). The highest BCUT2D eigenvalue weighted by Gasteiger charge is 2.60. The van der Waals surface area contributed by atoms with E-state index < -0.39 is 0 Å². The molecule has 1 saturated heterocycles. The molecule has 1 amide bonds. The van der Waals surface area contributed by atoms with E-state index in [1.54, 1.807) is 6.08 Å². The van der Waals surface area contributed by atoms with Crippen LogP contribution in [0.5, 0.6) is 5.75 Å². The summed E-state index contributed by atoms with van der Waals surface area (Å²) in [5.41, 5.74) is 3.49. The third kappa shape index (κ3) is 2.38. The van der Waals surface area contributed by atoms with Crippen molar-refractivity contribution in [3.05, 3.63) is 77.9 Å². The number of carbonyl (C=O) groups excluding carboxylic acids is 1. The van der Waals surface area contributed by atoms with Crippen molar-refractivity contribution in [3.63, 3.8) is 0 Å². The molecule has 3 atom stereocenters. The van der Waals surface area contributed by atoms with Gasteiger partial charge in [-0.3, -0.25) is 4.79 Å². The standard InChI is InChI=1S/C22H23NO2/c1-4-12-23-20-19(21(23)24)25-18-11-10-15(2)13-17(18)22(20,3)14-16-8-6-5-7-9-16/h4-11,13,19-20H,1,12,14H2,2-3H3/t19-,20-,22+/m0/s1. The Morgan fingerprint density at radius 3 is 2.72 bits per heavy atom. The van der Waals surface area contributed by atoms with Gasteiger partial charge in [0.15, 0.2) is 6.10 Å². The van der Waals surface area contributed by atoms with E-state index in [2.05, 4.69) is 50.8 Å². The molecule has 3 heteroatoms. The summed E-state index contributed by atoms with van der Waals surface area (Å²) in [5.74, 6) is 0.910. The van der Waals surface area contributed by atoms with Crippen LogP contribution in [0, 0.1) is 6.92 Å². The van der Waals surface area contributed by atoms with Crippen molar-refractivity contribution in [1.82, 2.24) is 4.90 Å². The zero-order chi connectivity index (χ0) is 17.6. The Kier molecular flexibility index (Phi) is 3.68. The zero-order valence-electron chi connectivity index (χ0n) is 14.7. The van der Waals surface area contributed by atoms with E-state index in [1.165, 1.54) is 16.7 Å². The first kappa shape index (κ1) is 15.9. The van der Waals surface area contributed by atoms with Crippen molar-refractivity contribution >= 4 is 5.91 Å². The summed E-state index contributed by atoms with van der Waals surface area (Å²) in [4.78, 5) is 14.5. The van der Waals surface area contributed by atoms with Crippen molar-refractivity contribution in [2.24, 2.45) is 0 Å². The van der Waals surface area contributed by atoms with Gasteiger partial charge in [0, 0.05) is 17.5 Å². The number of rotatable bonds is 4. The van der Waals surface area contributed by atoms with Gasteiger partial charge < -0.3 is 9.64 Å². The highest BCUT2D eigenvalue weighted by Crippen LogP contribution is 2.49. The van der Waals surface area contributed by atoms with Crippen LogP contribution in [0.4, 0.5) is 0 Å². The van der Waals surface area contributed by atoms with Crippen LogP contribution < -0.4 is 4.74 Å². The Bertz CT molecular complexity index is 829. The van der Waals surface area contributed by atoms with Crippen LogP contribution in [-0.2, 0) is 16.6 Å². The minimum absolute atomic E-state index is 0.0347. The Hall–Kier alpha value is -2.55. The molecular formula is C22H23NO2. The summed E-state index contributed by atoms with van der Waals surface area (Å²) in [7, 11) is 0.